The Labute approximate surface area is 137 Å². The minimum Gasteiger partial charge on any atom is -0.472 e. The first-order chi connectivity index (χ1) is 11.1. The average Bonchev–Trinajstić information content (AvgIpc) is 3.02. The summed E-state index contributed by atoms with van der Waals surface area (Å²) in [7, 11) is 0. The van der Waals surface area contributed by atoms with Crippen LogP contribution in [0.25, 0.3) is 5.69 Å². The van der Waals surface area contributed by atoms with E-state index in [1.807, 2.05) is 12.1 Å². The highest BCUT2D eigenvalue weighted by atomic mass is 35.5. The first-order valence-electron chi connectivity index (χ1n) is 6.80. The Kier molecular flexibility index (Phi) is 4.25. The highest BCUT2D eigenvalue weighted by molar-refractivity contribution is 6.30. The molecule has 0 N–H and O–H groups in total. The summed E-state index contributed by atoms with van der Waals surface area (Å²) in [5.41, 5.74) is 1.32. The molecule has 116 valence electrons. The molecule has 0 radical (unpaired) electrons. The van der Waals surface area contributed by atoms with Gasteiger partial charge < -0.3 is 4.74 Å². The predicted molar refractivity (Wildman–Crippen MR) is 86.0 cm³/mol. The van der Waals surface area contributed by atoms with Gasteiger partial charge in [-0.3, -0.25) is 10.1 Å². The van der Waals surface area contributed by atoms with Gasteiger partial charge in [0.15, 0.2) is 0 Å². The Hall–Kier alpha value is -2.86. The van der Waals surface area contributed by atoms with E-state index in [9.17, 15) is 10.1 Å². The number of nitro groups is 1. The number of aromatic nitrogens is 2. The lowest BCUT2D eigenvalue weighted by Gasteiger charge is -2.09. The van der Waals surface area contributed by atoms with Crippen LogP contribution >= 0.6 is 11.6 Å². The summed E-state index contributed by atoms with van der Waals surface area (Å²) in [6, 6.07) is 15.3. The topological polar surface area (TPSA) is 70.2 Å². The van der Waals surface area contributed by atoms with Gasteiger partial charge in [-0.1, -0.05) is 23.7 Å². The van der Waals surface area contributed by atoms with Gasteiger partial charge in [-0.15, -0.1) is 0 Å². The summed E-state index contributed by atoms with van der Waals surface area (Å²) >= 11 is 5.88. The molecule has 23 heavy (non-hydrogen) atoms. The number of nitrogens with zero attached hydrogens (tertiary/aromatic N) is 3. The van der Waals surface area contributed by atoms with Crippen molar-refractivity contribution >= 4 is 17.3 Å². The van der Waals surface area contributed by atoms with Crippen LogP contribution in [0.2, 0.25) is 5.02 Å². The van der Waals surface area contributed by atoms with Gasteiger partial charge in [0.1, 0.15) is 6.61 Å². The zero-order valence-electron chi connectivity index (χ0n) is 11.9. The number of hydrogen-bond donors (Lipinski definition) is 0. The average molecular weight is 330 g/mol. The second kappa shape index (κ2) is 6.50. The van der Waals surface area contributed by atoms with Crippen LogP contribution in [0.1, 0.15) is 5.56 Å². The highest BCUT2D eigenvalue weighted by Crippen LogP contribution is 2.22. The van der Waals surface area contributed by atoms with Crippen LogP contribution < -0.4 is 4.74 Å². The third-order valence-corrected chi connectivity index (χ3v) is 3.50. The third kappa shape index (κ3) is 3.32. The van der Waals surface area contributed by atoms with Gasteiger partial charge in [-0.05, 0) is 30.3 Å². The lowest BCUT2D eigenvalue weighted by Crippen LogP contribution is -2.05. The molecule has 2 aromatic carbocycles. The largest absolute Gasteiger partial charge is 0.472 e. The maximum Gasteiger partial charge on any atom is 0.276 e. The highest BCUT2D eigenvalue weighted by Gasteiger charge is 2.14. The second-order valence-electron chi connectivity index (χ2n) is 4.73. The van der Waals surface area contributed by atoms with Gasteiger partial charge in [-0.2, -0.15) is 5.10 Å². The SMILES string of the molecule is O=[N+]([O-])c1ccccc1COc1ccnn1-c1ccc(Cl)cc1. The van der Waals surface area contributed by atoms with Crippen LogP contribution in [0.4, 0.5) is 5.69 Å². The van der Waals surface area contributed by atoms with E-state index in [-0.39, 0.29) is 12.3 Å². The van der Waals surface area contributed by atoms with E-state index in [0.717, 1.165) is 5.69 Å². The van der Waals surface area contributed by atoms with Crippen LogP contribution in [-0.4, -0.2) is 14.7 Å². The number of hydrogen-bond acceptors (Lipinski definition) is 4. The first kappa shape index (κ1) is 15.1. The van der Waals surface area contributed by atoms with E-state index >= 15 is 0 Å². The number of ether oxygens (including phenoxy) is 1. The smallest absolute Gasteiger partial charge is 0.276 e. The Morgan fingerprint density at radius 3 is 2.61 bits per heavy atom. The maximum absolute atomic E-state index is 11.0. The quantitative estimate of drug-likeness (QED) is 0.523. The molecule has 3 aromatic rings. The van der Waals surface area contributed by atoms with Gasteiger partial charge in [-0.25, -0.2) is 4.68 Å². The number of halogens is 1. The van der Waals surface area contributed by atoms with E-state index in [0.29, 0.717) is 16.5 Å². The Morgan fingerprint density at radius 1 is 1.13 bits per heavy atom. The normalized spacial score (nSPS) is 10.5. The summed E-state index contributed by atoms with van der Waals surface area (Å²) in [6.07, 6.45) is 1.60. The van der Waals surface area contributed by atoms with Crippen LogP contribution in [0.3, 0.4) is 0 Å². The summed E-state index contributed by atoms with van der Waals surface area (Å²) in [5, 5.41) is 15.9. The summed E-state index contributed by atoms with van der Waals surface area (Å²) in [5.74, 6) is 0.491. The molecule has 0 bridgehead atoms. The van der Waals surface area contributed by atoms with Gasteiger partial charge >= 0.3 is 0 Å². The van der Waals surface area contributed by atoms with Gasteiger partial charge in [0.05, 0.1) is 22.4 Å². The van der Waals surface area contributed by atoms with Gasteiger partial charge in [0.25, 0.3) is 5.69 Å². The monoisotopic (exact) mass is 329 g/mol. The second-order valence-corrected chi connectivity index (χ2v) is 5.17. The molecule has 3 rings (SSSR count). The van der Waals surface area contributed by atoms with Crippen molar-refractivity contribution < 1.29 is 9.66 Å². The lowest BCUT2D eigenvalue weighted by molar-refractivity contribution is -0.385. The number of benzene rings is 2. The Morgan fingerprint density at radius 2 is 1.87 bits per heavy atom. The Balaban J connectivity index is 1.82. The minimum absolute atomic E-state index is 0.0325. The van der Waals surface area contributed by atoms with Crippen molar-refractivity contribution in [3.63, 3.8) is 0 Å². The van der Waals surface area contributed by atoms with Crippen LogP contribution in [0.5, 0.6) is 5.88 Å². The molecule has 0 amide bonds. The molecule has 1 heterocycles. The minimum atomic E-state index is -0.421. The summed E-state index contributed by atoms with van der Waals surface area (Å²) in [4.78, 5) is 10.6. The molecule has 7 heteroatoms. The Bertz CT molecular complexity index is 831. The zero-order valence-corrected chi connectivity index (χ0v) is 12.7. The molecule has 0 aliphatic carbocycles. The number of rotatable bonds is 5. The van der Waals surface area contributed by atoms with Crippen LogP contribution in [0.15, 0.2) is 60.8 Å². The lowest BCUT2D eigenvalue weighted by atomic mass is 10.2. The molecule has 1 aromatic heterocycles. The zero-order chi connectivity index (χ0) is 16.2. The van der Waals surface area contributed by atoms with E-state index in [1.54, 1.807) is 47.3 Å². The van der Waals surface area contributed by atoms with E-state index in [4.69, 9.17) is 16.3 Å². The fourth-order valence-corrected chi connectivity index (χ4v) is 2.27. The molecule has 0 unspecified atom stereocenters. The standard InChI is InChI=1S/C16H12ClN3O3/c17-13-5-7-14(8-6-13)19-16(9-10-18-19)23-11-12-3-1-2-4-15(12)20(21)22/h1-10H,11H2. The fraction of sp³-hybridized carbons (Fsp3) is 0.0625. The van der Waals surface area contributed by atoms with Crippen molar-refractivity contribution in [3.05, 3.63) is 81.5 Å². The maximum atomic E-state index is 11.0. The fourth-order valence-electron chi connectivity index (χ4n) is 2.14. The molecular weight excluding hydrogens is 318 g/mol. The van der Waals surface area contributed by atoms with Crippen molar-refractivity contribution in [3.8, 4) is 11.6 Å². The molecule has 0 spiro atoms. The van der Waals surface area contributed by atoms with Gasteiger partial charge in [0.2, 0.25) is 5.88 Å². The summed E-state index contributed by atoms with van der Waals surface area (Å²) < 4.78 is 7.30. The molecular formula is C16H12ClN3O3. The molecule has 0 saturated carbocycles. The summed E-state index contributed by atoms with van der Waals surface area (Å²) in [6.45, 7) is 0.0798. The van der Waals surface area contributed by atoms with Crippen molar-refractivity contribution in [1.29, 1.82) is 0 Å². The van der Waals surface area contributed by atoms with Gasteiger partial charge in [0, 0.05) is 17.2 Å². The van der Waals surface area contributed by atoms with E-state index in [2.05, 4.69) is 5.10 Å². The molecule has 0 aliphatic heterocycles. The first-order valence-corrected chi connectivity index (χ1v) is 7.18. The molecule has 0 saturated heterocycles. The van der Waals surface area contributed by atoms with Crippen LogP contribution in [-0.2, 0) is 6.61 Å². The number of para-hydroxylation sites is 1. The van der Waals surface area contributed by atoms with Crippen molar-refractivity contribution in [2.75, 3.05) is 0 Å². The van der Waals surface area contributed by atoms with Crippen LogP contribution in [0, 0.1) is 10.1 Å². The molecule has 0 fully saturated rings. The number of nitro benzene ring substituents is 1. The molecule has 0 atom stereocenters. The van der Waals surface area contributed by atoms with E-state index < -0.39 is 4.92 Å². The predicted octanol–water partition coefficient (Wildman–Crippen LogP) is 4.01. The van der Waals surface area contributed by atoms with Crippen molar-refractivity contribution in [2.45, 2.75) is 6.61 Å². The molecule has 6 nitrogen and oxygen atoms in total. The van der Waals surface area contributed by atoms with Crippen molar-refractivity contribution in [1.82, 2.24) is 9.78 Å². The van der Waals surface area contributed by atoms with Crippen molar-refractivity contribution in [2.24, 2.45) is 0 Å². The third-order valence-electron chi connectivity index (χ3n) is 3.24. The van der Waals surface area contributed by atoms with E-state index in [1.165, 1.54) is 6.07 Å². The molecule has 0 aliphatic rings.